The number of amides is 1. The number of hydrazone groups is 1. The van der Waals surface area contributed by atoms with Gasteiger partial charge >= 0.3 is 0 Å². The Bertz CT molecular complexity index is 1040. The van der Waals surface area contributed by atoms with Crippen LogP contribution in [0.5, 0.6) is 17.2 Å². The van der Waals surface area contributed by atoms with Gasteiger partial charge in [0.2, 0.25) is 5.75 Å². The van der Waals surface area contributed by atoms with E-state index in [4.69, 9.17) is 25.8 Å². The summed E-state index contributed by atoms with van der Waals surface area (Å²) in [6, 6.07) is 6.89. The minimum atomic E-state index is -0.407. The highest BCUT2D eigenvalue weighted by Gasteiger charge is 2.16. The maximum atomic E-state index is 12.6. The first-order valence-electron chi connectivity index (χ1n) is 8.26. The van der Waals surface area contributed by atoms with E-state index in [0.29, 0.717) is 44.9 Å². The highest BCUT2D eigenvalue weighted by molar-refractivity contribution is 6.30. The summed E-state index contributed by atoms with van der Waals surface area (Å²) in [4.78, 5) is 16.9. The van der Waals surface area contributed by atoms with Crippen molar-refractivity contribution in [2.24, 2.45) is 5.10 Å². The second kappa shape index (κ2) is 8.18. The van der Waals surface area contributed by atoms with Gasteiger partial charge in [-0.15, -0.1) is 0 Å². The van der Waals surface area contributed by atoms with E-state index in [0.717, 1.165) is 0 Å². The fourth-order valence-electron chi connectivity index (χ4n) is 2.80. The molecule has 146 valence electrons. The average Bonchev–Trinajstić information content (AvgIpc) is 3.01. The summed E-state index contributed by atoms with van der Waals surface area (Å²) in [6.07, 6.45) is 3.11. The maximum Gasteiger partial charge on any atom is 0.290 e. The highest BCUT2D eigenvalue weighted by atomic mass is 35.5. The van der Waals surface area contributed by atoms with E-state index in [9.17, 15) is 4.79 Å². The molecule has 0 unspecified atom stereocenters. The molecule has 2 heterocycles. The minimum Gasteiger partial charge on any atom is -0.493 e. The van der Waals surface area contributed by atoms with Gasteiger partial charge in [-0.05, 0) is 31.2 Å². The standard InChI is InChI=1S/C19H19ClN4O4/c1-11-17(24-10-13(20)5-6-16(24)22-11)19(25)23-21-9-12-7-14(26-2)18(28-4)15(8-12)27-3/h5-10H,1-4H3,(H,23,25)/b21-9-. The van der Waals surface area contributed by atoms with Gasteiger partial charge in [0.15, 0.2) is 11.5 Å². The van der Waals surface area contributed by atoms with Crippen molar-refractivity contribution in [2.45, 2.75) is 6.92 Å². The molecule has 0 saturated heterocycles. The molecule has 0 aliphatic rings. The lowest BCUT2D eigenvalue weighted by atomic mass is 10.2. The fourth-order valence-corrected chi connectivity index (χ4v) is 2.96. The number of imidazole rings is 1. The third-order valence-electron chi connectivity index (χ3n) is 4.04. The van der Waals surface area contributed by atoms with Crippen LogP contribution in [0, 0.1) is 6.92 Å². The topological polar surface area (TPSA) is 86.5 Å². The van der Waals surface area contributed by atoms with Crippen LogP contribution in [0.1, 0.15) is 21.7 Å². The molecule has 1 N–H and O–H groups in total. The molecule has 9 heteroatoms. The van der Waals surface area contributed by atoms with Crippen molar-refractivity contribution in [1.29, 1.82) is 0 Å². The summed E-state index contributed by atoms with van der Waals surface area (Å²) < 4.78 is 17.5. The molecule has 0 atom stereocenters. The normalized spacial score (nSPS) is 11.0. The molecule has 0 spiro atoms. The van der Waals surface area contributed by atoms with Crippen molar-refractivity contribution >= 4 is 29.4 Å². The molecule has 1 aromatic carbocycles. The first kappa shape index (κ1) is 19.5. The first-order valence-corrected chi connectivity index (χ1v) is 8.64. The molecule has 0 fully saturated rings. The molecule has 0 radical (unpaired) electrons. The van der Waals surface area contributed by atoms with Gasteiger partial charge in [-0.3, -0.25) is 9.20 Å². The third-order valence-corrected chi connectivity index (χ3v) is 4.26. The van der Waals surface area contributed by atoms with Gasteiger partial charge in [0.25, 0.3) is 5.91 Å². The molecule has 0 saturated carbocycles. The maximum absolute atomic E-state index is 12.6. The second-order valence-corrected chi connectivity index (χ2v) is 6.22. The van der Waals surface area contributed by atoms with E-state index in [2.05, 4.69) is 15.5 Å². The van der Waals surface area contributed by atoms with Gasteiger partial charge < -0.3 is 14.2 Å². The molecule has 1 amide bonds. The number of ether oxygens (including phenoxy) is 3. The van der Waals surface area contributed by atoms with Gasteiger partial charge in [0.05, 0.1) is 38.3 Å². The number of hydrogen-bond donors (Lipinski definition) is 1. The van der Waals surface area contributed by atoms with Gasteiger partial charge in [-0.25, -0.2) is 10.4 Å². The van der Waals surface area contributed by atoms with Gasteiger partial charge in [0.1, 0.15) is 11.3 Å². The Morgan fingerprint density at radius 2 is 1.86 bits per heavy atom. The second-order valence-electron chi connectivity index (χ2n) is 5.78. The van der Waals surface area contributed by atoms with Gasteiger partial charge in [-0.2, -0.15) is 5.10 Å². The van der Waals surface area contributed by atoms with Gasteiger partial charge in [-0.1, -0.05) is 11.6 Å². The number of hydrogen-bond acceptors (Lipinski definition) is 6. The summed E-state index contributed by atoms with van der Waals surface area (Å²) in [5.74, 6) is 1.05. The number of benzene rings is 1. The smallest absolute Gasteiger partial charge is 0.290 e. The lowest BCUT2D eigenvalue weighted by Crippen LogP contribution is -2.20. The number of aryl methyl sites for hydroxylation is 1. The molecule has 28 heavy (non-hydrogen) atoms. The van der Waals surface area contributed by atoms with E-state index in [1.807, 2.05) is 0 Å². The quantitative estimate of drug-likeness (QED) is 0.505. The van der Waals surface area contributed by atoms with Crippen molar-refractivity contribution < 1.29 is 19.0 Å². The Balaban J connectivity index is 1.85. The Kier molecular flexibility index (Phi) is 5.70. The number of rotatable bonds is 6. The van der Waals surface area contributed by atoms with E-state index in [1.165, 1.54) is 27.5 Å². The van der Waals surface area contributed by atoms with Crippen LogP contribution in [0.25, 0.3) is 5.65 Å². The average molecular weight is 403 g/mol. The van der Waals surface area contributed by atoms with Crippen molar-refractivity contribution in [3.63, 3.8) is 0 Å². The van der Waals surface area contributed by atoms with Crippen molar-refractivity contribution in [3.05, 3.63) is 52.4 Å². The van der Waals surface area contributed by atoms with Crippen LogP contribution in [0.15, 0.2) is 35.6 Å². The minimum absolute atomic E-state index is 0.361. The van der Waals surface area contributed by atoms with Crippen LogP contribution in [0.4, 0.5) is 0 Å². The van der Waals surface area contributed by atoms with E-state index < -0.39 is 5.91 Å². The van der Waals surface area contributed by atoms with Crippen molar-refractivity contribution in [3.8, 4) is 17.2 Å². The zero-order valence-corrected chi connectivity index (χ0v) is 16.6. The molecular weight excluding hydrogens is 384 g/mol. The summed E-state index contributed by atoms with van der Waals surface area (Å²) >= 11 is 6.03. The predicted octanol–water partition coefficient (Wildman–Crippen LogP) is 3.09. The lowest BCUT2D eigenvalue weighted by Gasteiger charge is -2.12. The zero-order chi connectivity index (χ0) is 20.3. The number of nitrogens with zero attached hydrogens (tertiary/aromatic N) is 3. The predicted molar refractivity (Wildman–Crippen MR) is 106 cm³/mol. The van der Waals surface area contributed by atoms with Crippen LogP contribution in [-0.2, 0) is 0 Å². The molecular formula is C19H19ClN4O4. The van der Waals surface area contributed by atoms with E-state index >= 15 is 0 Å². The number of nitrogens with one attached hydrogen (secondary N) is 1. The van der Waals surface area contributed by atoms with Gasteiger partial charge in [0, 0.05) is 11.8 Å². The zero-order valence-electron chi connectivity index (χ0n) is 15.8. The van der Waals surface area contributed by atoms with E-state index in [1.54, 1.807) is 41.8 Å². The Morgan fingerprint density at radius 1 is 1.18 bits per heavy atom. The molecule has 2 aromatic heterocycles. The van der Waals surface area contributed by atoms with Crippen LogP contribution in [0.3, 0.4) is 0 Å². The summed E-state index contributed by atoms with van der Waals surface area (Å²) in [6.45, 7) is 1.75. The number of fused-ring (bicyclic) bond motifs is 1. The summed E-state index contributed by atoms with van der Waals surface area (Å²) in [5, 5.41) is 4.52. The SMILES string of the molecule is COc1cc(/C=N\NC(=O)c2c(C)nc3ccc(Cl)cn23)cc(OC)c1OC. The summed E-state index contributed by atoms with van der Waals surface area (Å²) in [7, 11) is 4.58. The Labute approximate surface area is 166 Å². The monoisotopic (exact) mass is 402 g/mol. The van der Waals surface area contributed by atoms with Crippen LogP contribution in [-0.4, -0.2) is 42.8 Å². The largest absolute Gasteiger partial charge is 0.493 e. The van der Waals surface area contributed by atoms with E-state index in [-0.39, 0.29) is 0 Å². The number of carbonyl (C=O) groups is 1. The Morgan fingerprint density at radius 3 is 2.46 bits per heavy atom. The third kappa shape index (κ3) is 3.72. The van der Waals surface area contributed by atoms with Crippen molar-refractivity contribution in [2.75, 3.05) is 21.3 Å². The highest BCUT2D eigenvalue weighted by Crippen LogP contribution is 2.37. The molecule has 3 rings (SSSR count). The first-order chi connectivity index (χ1) is 13.5. The van der Waals surface area contributed by atoms with Crippen LogP contribution >= 0.6 is 11.6 Å². The fraction of sp³-hybridized carbons (Fsp3) is 0.211. The lowest BCUT2D eigenvalue weighted by molar-refractivity contribution is 0.0948. The van der Waals surface area contributed by atoms with Crippen LogP contribution < -0.4 is 19.6 Å². The Hall–Kier alpha value is -3.26. The van der Waals surface area contributed by atoms with Crippen molar-refractivity contribution in [1.82, 2.24) is 14.8 Å². The summed E-state index contributed by atoms with van der Waals surface area (Å²) in [5.41, 5.74) is 4.72. The molecule has 0 aliphatic carbocycles. The van der Waals surface area contributed by atoms with Crippen LogP contribution in [0.2, 0.25) is 5.02 Å². The molecule has 8 nitrogen and oxygen atoms in total. The number of pyridine rings is 1. The molecule has 0 aliphatic heterocycles. The number of halogens is 1. The number of aromatic nitrogens is 2. The number of methoxy groups -OCH3 is 3. The molecule has 0 bridgehead atoms. The molecule has 3 aromatic rings. The number of carbonyl (C=O) groups excluding carboxylic acids is 1.